The van der Waals surface area contributed by atoms with Crippen LogP contribution in [-0.2, 0) is 19.1 Å². The van der Waals surface area contributed by atoms with E-state index >= 15 is 0 Å². The summed E-state index contributed by atoms with van der Waals surface area (Å²) in [6.07, 6.45) is 3.88. The molecule has 0 bridgehead atoms. The van der Waals surface area contributed by atoms with E-state index < -0.39 is 0 Å². The van der Waals surface area contributed by atoms with Gasteiger partial charge >= 0.3 is 5.97 Å². The van der Waals surface area contributed by atoms with Gasteiger partial charge in [0.15, 0.2) is 0 Å². The van der Waals surface area contributed by atoms with Crippen LogP contribution in [0.15, 0.2) is 17.0 Å². The van der Waals surface area contributed by atoms with E-state index in [0.29, 0.717) is 26.3 Å². The molecule has 1 aromatic rings. The molecule has 6 nitrogen and oxygen atoms in total. The summed E-state index contributed by atoms with van der Waals surface area (Å²) in [5, 5.41) is 1.86. The van der Waals surface area contributed by atoms with Crippen LogP contribution in [-0.4, -0.2) is 55.2 Å². The fourth-order valence-corrected chi connectivity index (χ4v) is 2.49. The van der Waals surface area contributed by atoms with E-state index in [0.717, 1.165) is 12.1 Å². The van der Waals surface area contributed by atoms with Gasteiger partial charge in [0.2, 0.25) is 5.91 Å². The van der Waals surface area contributed by atoms with Gasteiger partial charge in [-0.05, 0) is 19.4 Å². The molecule has 0 spiro atoms. The Kier molecular flexibility index (Phi) is 9.16. The van der Waals surface area contributed by atoms with Gasteiger partial charge in [-0.15, -0.1) is 11.3 Å². The number of hydrogen-bond acceptors (Lipinski definition) is 6. The molecule has 1 amide bonds. The van der Waals surface area contributed by atoms with Gasteiger partial charge in [-0.1, -0.05) is 6.92 Å². The van der Waals surface area contributed by atoms with E-state index in [9.17, 15) is 9.59 Å². The summed E-state index contributed by atoms with van der Waals surface area (Å²) in [5.74, 6) is -0.843. The highest BCUT2D eigenvalue weighted by atomic mass is 32.1. The summed E-state index contributed by atoms with van der Waals surface area (Å²) in [4.78, 5) is 29.7. The second-order valence-corrected chi connectivity index (χ2v) is 5.72. The van der Waals surface area contributed by atoms with Crippen molar-refractivity contribution in [3.8, 4) is 0 Å². The van der Waals surface area contributed by atoms with Crippen molar-refractivity contribution in [3.05, 3.63) is 22.7 Å². The first-order valence-corrected chi connectivity index (χ1v) is 8.53. The average molecular weight is 340 g/mol. The number of hydrogen-bond donors (Lipinski definition) is 0. The fourth-order valence-electron chi connectivity index (χ4n) is 1.97. The van der Waals surface area contributed by atoms with Gasteiger partial charge < -0.3 is 14.4 Å². The third-order valence-electron chi connectivity index (χ3n) is 3.18. The van der Waals surface area contributed by atoms with Gasteiger partial charge in [-0.3, -0.25) is 9.59 Å². The third-order valence-corrected chi connectivity index (χ3v) is 3.78. The van der Waals surface area contributed by atoms with E-state index in [2.05, 4.69) is 4.98 Å². The molecular weight excluding hydrogens is 316 g/mol. The molecule has 0 aliphatic heterocycles. The summed E-state index contributed by atoms with van der Waals surface area (Å²) in [5.41, 5.74) is 2.46. The zero-order chi connectivity index (χ0) is 17.1. The smallest absolute Gasteiger partial charge is 0.310 e. The van der Waals surface area contributed by atoms with Crippen molar-refractivity contribution >= 4 is 29.3 Å². The van der Waals surface area contributed by atoms with Gasteiger partial charge in [0.25, 0.3) is 0 Å². The van der Waals surface area contributed by atoms with Gasteiger partial charge in [-0.2, -0.15) is 0 Å². The molecule has 0 radical (unpaired) electrons. The lowest BCUT2D eigenvalue weighted by Crippen LogP contribution is -2.37. The Hall–Kier alpha value is -1.73. The summed E-state index contributed by atoms with van der Waals surface area (Å²) in [7, 11) is 1.35. The van der Waals surface area contributed by atoms with Crippen molar-refractivity contribution in [2.75, 3.05) is 33.4 Å². The Labute approximate surface area is 141 Å². The van der Waals surface area contributed by atoms with E-state index in [1.807, 2.05) is 12.3 Å². The van der Waals surface area contributed by atoms with Gasteiger partial charge in [-0.25, -0.2) is 4.98 Å². The van der Waals surface area contributed by atoms with Gasteiger partial charge in [0, 0.05) is 37.8 Å². The lowest BCUT2D eigenvalue weighted by molar-refractivity contribution is -0.146. The zero-order valence-electron chi connectivity index (χ0n) is 13.9. The number of esters is 1. The molecular formula is C16H24N2O4S. The normalized spacial score (nSPS) is 12.3. The molecule has 0 saturated carbocycles. The number of methoxy groups -OCH3 is 1. The van der Waals surface area contributed by atoms with Crippen molar-refractivity contribution in [3.63, 3.8) is 0 Å². The van der Waals surface area contributed by atoms with Crippen LogP contribution in [0.5, 0.6) is 0 Å². The summed E-state index contributed by atoms with van der Waals surface area (Å²) < 4.78 is 10.0. The second kappa shape index (κ2) is 10.9. The topological polar surface area (TPSA) is 68.7 Å². The molecule has 1 rings (SSSR count). The lowest BCUT2D eigenvalue weighted by atomic mass is 10.1. The minimum absolute atomic E-state index is 0.148. The van der Waals surface area contributed by atoms with Crippen LogP contribution in [0.4, 0.5) is 0 Å². The number of carbonyl (C=O) groups is 2. The largest absolute Gasteiger partial charge is 0.469 e. The molecule has 1 atom stereocenters. The van der Waals surface area contributed by atoms with Gasteiger partial charge in [0.1, 0.15) is 0 Å². The summed E-state index contributed by atoms with van der Waals surface area (Å²) >= 11 is 1.47. The molecule has 0 aliphatic rings. The molecule has 1 unspecified atom stereocenters. The van der Waals surface area contributed by atoms with Crippen molar-refractivity contribution < 1.29 is 19.1 Å². The average Bonchev–Trinajstić information content (AvgIpc) is 3.07. The standard InChI is InChI=1S/C16H24N2O4S/c1-4-22-9-5-8-18(10-13(2)16(20)21-3)15(19)7-6-14-11-23-12-17-14/h6-7,11-13H,4-5,8-10H2,1-3H3. The number of ether oxygens (including phenoxy) is 2. The lowest BCUT2D eigenvalue weighted by Gasteiger charge is -2.23. The zero-order valence-corrected chi connectivity index (χ0v) is 14.7. The Bertz CT molecular complexity index is 502. The minimum Gasteiger partial charge on any atom is -0.469 e. The number of aromatic nitrogens is 1. The monoisotopic (exact) mass is 340 g/mol. The van der Waals surface area contributed by atoms with Crippen molar-refractivity contribution in [1.82, 2.24) is 9.88 Å². The SMILES string of the molecule is CCOCCCN(CC(C)C(=O)OC)C(=O)C=Cc1cscn1. The Balaban J connectivity index is 2.64. The number of nitrogens with zero attached hydrogens (tertiary/aromatic N) is 2. The van der Waals surface area contributed by atoms with E-state index in [4.69, 9.17) is 9.47 Å². The molecule has 128 valence electrons. The molecule has 1 heterocycles. The molecule has 0 aliphatic carbocycles. The fraction of sp³-hybridized carbons (Fsp3) is 0.562. The number of rotatable bonds is 10. The molecule has 1 aromatic heterocycles. The maximum atomic E-state index is 12.4. The van der Waals surface area contributed by atoms with E-state index in [1.54, 1.807) is 23.4 Å². The Morgan fingerprint density at radius 2 is 2.26 bits per heavy atom. The second-order valence-electron chi connectivity index (χ2n) is 5.01. The number of amides is 1. The molecule has 0 N–H and O–H groups in total. The summed E-state index contributed by atoms with van der Waals surface area (Å²) in [6, 6.07) is 0. The molecule has 0 aromatic carbocycles. The molecule has 0 fully saturated rings. The highest BCUT2D eigenvalue weighted by Crippen LogP contribution is 2.07. The molecule has 0 saturated heterocycles. The maximum Gasteiger partial charge on any atom is 0.310 e. The Morgan fingerprint density at radius 1 is 1.48 bits per heavy atom. The number of thiazole rings is 1. The van der Waals surface area contributed by atoms with Crippen molar-refractivity contribution in [1.29, 1.82) is 0 Å². The minimum atomic E-state index is -0.372. The van der Waals surface area contributed by atoms with Crippen LogP contribution < -0.4 is 0 Å². The third kappa shape index (κ3) is 7.38. The predicted octanol–water partition coefficient (Wildman–Crippen LogP) is 2.22. The van der Waals surface area contributed by atoms with Crippen LogP contribution in [0.1, 0.15) is 26.0 Å². The molecule has 7 heteroatoms. The predicted molar refractivity (Wildman–Crippen MR) is 90.0 cm³/mol. The maximum absolute atomic E-state index is 12.4. The van der Waals surface area contributed by atoms with E-state index in [1.165, 1.54) is 24.5 Å². The molecule has 23 heavy (non-hydrogen) atoms. The van der Waals surface area contributed by atoms with Crippen LogP contribution >= 0.6 is 11.3 Å². The first kappa shape index (κ1) is 19.3. The highest BCUT2D eigenvalue weighted by Gasteiger charge is 2.20. The highest BCUT2D eigenvalue weighted by molar-refractivity contribution is 7.07. The van der Waals surface area contributed by atoms with Crippen molar-refractivity contribution in [2.24, 2.45) is 5.92 Å². The van der Waals surface area contributed by atoms with Gasteiger partial charge in [0.05, 0.1) is 24.2 Å². The van der Waals surface area contributed by atoms with Crippen molar-refractivity contribution in [2.45, 2.75) is 20.3 Å². The Morgan fingerprint density at radius 3 is 2.87 bits per heavy atom. The van der Waals surface area contributed by atoms with Crippen LogP contribution in [0, 0.1) is 5.92 Å². The van der Waals surface area contributed by atoms with E-state index in [-0.39, 0.29) is 17.8 Å². The first-order valence-electron chi connectivity index (χ1n) is 7.59. The summed E-state index contributed by atoms with van der Waals surface area (Å²) in [6.45, 7) is 5.76. The first-order chi connectivity index (χ1) is 11.1. The van der Waals surface area contributed by atoms with Crippen LogP contribution in [0.3, 0.4) is 0 Å². The van der Waals surface area contributed by atoms with Crippen LogP contribution in [0.25, 0.3) is 6.08 Å². The quantitative estimate of drug-likeness (QED) is 0.371. The number of carbonyl (C=O) groups excluding carboxylic acids is 2. The van der Waals surface area contributed by atoms with Crippen LogP contribution in [0.2, 0.25) is 0 Å².